The number of benzene rings is 1. The third-order valence-electron chi connectivity index (χ3n) is 2.25. The van der Waals surface area contributed by atoms with Gasteiger partial charge in [0.15, 0.2) is 0 Å². The highest BCUT2D eigenvalue weighted by Crippen LogP contribution is 2.23. The van der Waals surface area contributed by atoms with Gasteiger partial charge in [0.05, 0.1) is 5.56 Å². The maximum Gasteiger partial charge on any atom is 0.342 e. The molecule has 1 rings (SSSR count). The van der Waals surface area contributed by atoms with Crippen molar-refractivity contribution in [1.29, 1.82) is 0 Å². The summed E-state index contributed by atoms with van der Waals surface area (Å²) in [5.74, 6) is -1.52. The zero-order valence-corrected chi connectivity index (χ0v) is 13.3. The van der Waals surface area contributed by atoms with Gasteiger partial charge in [0.1, 0.15) is 22.5 Å². The Morgan fingerprint density at radius 1 is 0.905 bits per heavy atom. The molecule has 0 aromatic heterocycles. The Labute approximate surface area is 124 Å². The van der Waals surface area contributed by atoms with Crippen molar-refractivity contribution < 1.29 is 24.2 Å². The van der Waals surface area contributed by atoms with E-state index in [0.29, 0.717) is 0 Å². The van der Waals surface area contributed by atoms with Crippen LogP contribution in [-0.4, -0.2) is 28.2 Å². The molecule has 1 N–H and O–H groups in total. The van der Waals surface area contributed by atoms with Gasteiger partial charge in [0.2, 0.25) is 0 Å². The monoisotopic (exact) mass is 294 g/mol. The van der Waals surface area contributed by atoms with Crippen molar-refractivity contribution in [1.82, 2.24) is 0 Å². The molecule has 0 radical (unpaired) electrons. The molecule has 5 heteroatoms. The maximum absolute atomic E-state index is 11.9. The van der Waals surface area contributed by atoms with E-state index in [2.05, 4.69) is 0 Å². The third kappa shape index (κ3) is 5.45. The molecular weight excluding hydrogens is 272 g/mol. The van der Waals surface area contributed by atoms with Crippen LogP contribution in [0.15, 0.2) is 18.2 Å². The zero-order valence-electron chi connectivity index (χ0n) is 13.3. The van der Waals surface area contributed by atoms with Crippen LogP contribution in [0.25, 0.3) is 0 Å². The lowest BCUT2D eigenvalue weighted by Gasteiger charge is -2.21. The van der Waals surface area contributed by atoms with Crippen molar-refractivity contribution >= 4 is 11.9 Å². The van der Waals surface area contributed by atoms with Crippen LogP contribution in [0, 0.1) is 0 Å². The van der Waals surface area contributed by atoms with E-state index < -0.39 is 23.1 Å². The second kappa shape index (κ2) is 5.76. The summed E-state index contributed by atoms with van der Waals surface area (Å²) in [4.78, 5) is 23.8. The van der Waals surface area contributed by atoms with E-state index in [-0.39, 0.29) is 16.9 Å². The van der Waals surface area contributed by atoms with E-state index in [1.807, 2.05) is 0 Å². The molecule has 0 saturated carbocycles. The Morgan fingerprint density at radius 2 is 1.38 bits per heavy atom. The van der Waals surface area contributed by atoms with Gasteiger partial charge in [0, 0.05) is 0 Å². The minimum Gasteiger partial charge on any atom is -0.507 e. The standard InChI is InChI=1S/C16H22O5/c1-15(2,3)20-13(18)10-7-8-11(12(17)9-10)14(19)21-16(4,5)6/h7-9,17H,1-6H3. The van der Waals surface area contributed by atoms with Crippen LogP contribution in [0.5, 0.6) is 5.75 Å². The number of rotatable bonds is 2. The summed E-state index contributed by atoms with van der Waals surface area (Å²) in [5.41, 5.74) is -1.10. The first-order valence-electron chi connectivity index (χ1n) is 6.69. The Kier molecular flexibility index (Phi) is 4.66. The number of aromatic hydroxyl groups is 1. The first-order chi connectivity index (χ1) is 9.39. The van der Waals surface area contributed by atoms with Crippen LogP contribution in [0.3, 0.4) is 0 Å². The lowest BCUT2D eigenvalue weighted by Crippen LogP contribution is -2.25. The fourth-order valence-corrected chi connectivity index (χ4v) is 1.50. The van der Waals surface area contributed by atoms with Gasteiger partial charge in [-0.2, -0.15) is 0 Å². The van der Waals surface area contributed by atoms with E-state index in [1.54, 1.807) is 41.5 Å². The molecule has 1 aromatic carbocycles. The van der Waals surface area contributed by atoms with Crippen LogP contribution in [-0.2, 0) is 9.47 Å². The van der Waals surface area contributed by atoms with E-state index >= 15 is 0 Å². The van der Waals surface area contributed by atoms with E-state index in [0.717, 1.165) is 0 Å². The highest BCUT2D eigenvalue weighted by Gasteiger charge is 2.23. The van der Waals surface area contributed by atoms with E-state index in [4.69, 9.17) is 9.47 Å². The zero-order chi connectivity index (χ0) is 16.4. The van der Waals surface area contributed by atoms with Crippen molar-refractivity contribution in [2.75, 3.05) is 0 Å². The van der Waals surface area contributed by atoms with Gasteiger partial charge in [0.25, 0.3) is 0 Å². The fraction of sp³-hybridized carbons (Fsp3) is 0.500. The Balaban J connectivity index is 2.96. The minimum atomic E-state index is -0.659. The molecule has 0 atom stereocenters. The number of hydrogen-bond donors (Lipinski definition) is 1. The summed E-state index contributed by atoms with van der Waals surface area (Å²) in [5, 5.41) is 9.90. The predicted octanol–water partition coefficient (Wildman–Crippen LogP) is 3.30. The normalized spacial score (nSPS) is 11.9. The summed E-state index contributed by atoms with van der Waals surface area (Å²) in [6, 6.07) is 3.98. The molecule has 0 unspecified atom stereocenters. The molecule has 5 nitrogen and oxygen atoms in total. The fourth-order valence-electron chi connectivity index (χ4n) is 1.50. The topological polar surface area (TPSA) is 72.8 Å². The van der Waals surface area contributed by atoms with Crippen LogP contribution in [0.2, 0.25) is 0 Å². The SMILES string of the molecule is CC(C)(C)OC(=O)c1ccc(C(=O)OC(C)(C)C)c(O)c1. The van der Waals surface area contributed by atoms with E-state index in [9.17, 15) is 14.7 Å². The van der Waals surface area contributed by atoms with Crippen molar-refractivity contribution in [3.05, 3.63) is 29.3 Å². The quantitative estimate of drug-likeness (QED) is 0.847. The summed E-state index contributed by atoms with van der Waals surface area (Å²) in [6.45, 7) is 10.4. The molecule has 0 aliphatic carbocycles. The number of ether oxygens (including phenoxy) is 2. The number of hydrogen-bond acceptors (Lipinski definition) is 5. The van der Waals surface area contributed by atoms with Crippen LogP contribution < -0.4 is 0 Å². The summed E-state index contributed by atoms with van der Waals surface area (Å²) in [7, 11) is 0. The van der Waals surface area contributed by atoms with Gasteiger partial charge in [-0.25, -0.2) is 9.59 Å². The Bertz CT molecular complexity index is 547. The van der Waals surface area contributed by atoms with Crippen LogP contribution in [0.1, 0.15) is 62.3 Å². The summed E-state index contributed by atoms with van der Waals surface area (Å²) < 4.78 is 10.4. The number of carbonyl (C=O) groups is 2. The van der Waals surface area contributed by atoms with Gasteiger partial charge in [-0.15, -0.1) is 0 Å². The van der Waals surface area contributed by atoms with Gasteiger partial charge < -0.3 is 14.6 Å². The second-order valence-corrected chi connectivity index (χ2v) is 6.74. The first-order valence-corrected chi connectivity index (χ1v) is 6.69. The lowest BCUT2D eigenvalue weighted by molar-refractivity contribution is 0.00491. The van der Waals surface area contributed by atoms with E-state index in [1.165, 1.54) is 18.2 Å². The molecule has 0 amide bonds. The molecule has 0 fully saturated rings. The summed E-state index contributed by atoms with van der Waals surface area (Å²) >= 11 is 0. The average molecular weight is 294 g/mol. The van der Waals surface area contributed by atoms with Gasteiger partial charge in [-0.1, -0.05) is 0 Å². The molecule has 0 aliphatic rings. The predicted molar refractivity (Wildman–Crippen MR) is 78.4 cm³/mol. The average Bonchev–Trinajstić information content (AvgIpc) is 2.23. The molecule has 1 aromatic rings. The third-order valence-corrected chi connectivity index (χ3v) is 2.25. The maximum atomic E-state index is 11.9. The molecule has 0 heterocycles. The van der Waals surface area contributed by atoms with Gasteiger partial charge in [-0.3, -0.25) is 0 Å². The van der Waals surface area contributed by atoms with Crippen molar-refractivity contribution in [3.8, 4) is 5.75 Å². The van der Waals surface area contributed by atoms with Crippen molar-refractivity contribution in [2.45, 2.75) is 52.7 Å². The smallest absolute Gasteiger partial charge is 0.342 e. The van der Waals surface area contributed by atoms with Gasteiger partial charge >= 0.3 is 11.9 Å². The molecule has 0 saturated heterocycles. The lowest BCUT2D eigenvalue weighted by atomic mass is 10.1. The summed E-state index contributed by atoms with van der Waals surface area (Å²) in [6.07, 6.45) is 0. The van der Waals surface area contributed by atoms with Crippen molar-refractivity contribution in [2.24, 2.45) is 0 Å². The number of phenolic OH excluding ortho intramolecular Hbond substituents is 1. The second-order valence-electron chi connectivity index (χ2n) is 6.74. The highest BCUT2D eigenvalue weighted by atomic mass is 16.6. The largest absolute Gasteiger partial charge is 0.507 e. The molecule has 0 aliphatic heterocycles. The highest BCUT2D eigenvalue weighted by molar-refractivity contribution is 5.96. The molecule has 0 bridgehead atoms. The minimum absolute atomic E-state index is 0.0113. The van der Waals surface area contributed by atoms with Gasteiger partial charge in [-0.05, 0) is 59.7 Å². The molecule has 116 valence electrons. The molecule has 0 spiro atoms. The number of carbonyl (C=O) groups excluding carboxylic acids is 2. The molecule has 21 heavy (non-hydrogen) atoms. The molecular formula is C16H22O5. The number of phenols is 1. The van der Waals surface area contributed by atoms with Crippen LogP contribution >= 0.6 is 0 Å². The Morgan fingerprint density at radius 3 is 1.81 bits per heavy atom. The van der Waals surface area contributed by atoms with Crippen LogP contribution in [0.4, 0.5) is 0 Å². The Hall–Kier alpha value is -2.04. The first kappa shape index (κ1) is 17.0. The van der Waals surface area contributed by atoms with Crippen molar-refractivity contribution in [3.63, 3.8) is 0 Å². The number of esters is 2.